The van der Waals surface area contributed by atoms with E-state index in [2.05, 4.69) is 20.4 Å². The summed E-state index contributed by atoms with van der Waals surface area (Å²) in [5.41, 5.74) is 5.26. The van der Waals surface area contributed by atoms with Gasteiger partial charge in [-0.25, -0.2) is 13.6 Å². The van der Waals surface area contributed by atoms with Gasteiger partial charge in [0.15, 0.2) is 5.69 Å². The van der Waals surface area contributed by atoms with Crippen molar-refractivity contribution in [1.29, 1.82) is 0 Å². The van der Waals surface area contributed by atoms with Crippen molar-refractivity contribution < 1.29 is 8.42 Å². The highest BCUT2D eigenvalue weighted by molar-refractivity contribution is 7.89. The zero-order valence-corrected chi connectivity index (χ0v) is 10.3. The van der Waals surface area contributed by atoms with E-state index >= 15 is 0 Å². The van der Waals surface area contributed by atoms with Crippen molar-refractivity contribution in [1.82, 2.24) is 10.2 Å². The molecule has 1 heterocycles. The second-order valence-corrected chi connectivity index (χ2v) is 5.14. The van der Waals surface area contributed by atoms with E-state index in [1.165, 1.54) is 24.3 Å². The van der Waals surface area contributed by atoms with Crippen molar-refractivity contribution in [2.75, 3.05) is 5.73 Å². The van der Waals surface area contributed by atoms with Gasteiger partial charge in [0.2, 0.25) is 10.0 Å². The van der Waals surface area contributed by atoms with Gasteiger partial charge in [0.05, 0.1) is 10.6 Å². The van der Waals surface area contributed by atoms with Crippen LogP contribution in [0.25, 0.3) is 0 Å². The SMILES string of the molecule is Nc1[nH][nH]c(=O)c1N=Nc1ccc(S(N)(=O)=O)cc1. The molecule has 1 aromatic carbocycles. The van der Waals surface area contributed by atoms with E-state index < -0.39 is 15.6 Å². The highest BCUT2D eigenvalue weighted by Gasteiger charge is 2.07. The van der Waals surface area contributed by atoms with Gasteiger partial charge in [0.1, 0.15) is 5.82 Å². The van der Waals surface area contributed by atoms with Crippen LogP contribution in [-0.4, -0.2) is 18.6 Å². The molecule has 0 aliphatic heterocycles. The molecule has 0 saturated heterocycles. The lowest BCUT2D eigenvalue weighted by Gasteiger charge is -1.97. The molecule has 0 spiro atoms. The summed E-state index contributed by atoms with van der Waals surface area (Å²) >= 11 is 0. The Morgan fingerprint density at radius 3 is 2.16 bits per heavy atom. The van der Waals surface area contributed by atoms with Gasteiger partial charge in [-0.05, 0) is 24.3 Å². The number of hydrogen-bond donors (Lipinski definition) is 4. The molecule has 0 aliphatic carbocycles. The number of sulfonamides is 1. The highest BCUT2D eigenvalue weighted by atomic mass is 32.2. The Morgan fingerprint density at radius 2 is 1.68 bits per heavy atom. The molecule has 2 rings (SSSR count). The first-order chi connectivity index (χ1) is 8.88. The van der Waals surface area contributed by atoms with Crippen molar-refractivity contribution in [3.05, 3.63) is 34.6 Å². The van der Waals surface area contributed by atoms with Gasteiger partial charge < -0.3 is 5.73 Å². The first-order valence-electron chi connectivity index (χ1n) is 4.98. The van der Waals surface area contributed by atoms with Crippen LogP contribution in [0, 0.1) is 0 Å². The van der Waals surface area contributed by atoms with Gasteiger partial charge in [-0.15, -0.1) is 5.11 Å². The number of nitrogen functional groups attached to an aromatic ring is 1. The second kappa shape index (κ2) is 4.66. The third kappa shape index (κ3) is 2.86. The van der Waals surface area contributed by atoms with Gasteiger partial charge >= 0.3 is 0 Å². The number of aromatic nitrogens is 2. The van der Waals surface area contributed by atoms with E-state index in [-0.39, 0.29) is 16.4 Å². The van der Waals surface area contributed by atoms with E-state index in [0.717, 1.165) is 0 Å². The standard InChI is InChI=1S/C9H10N6O3S/c10-8-7(9(16)15-14-8)13-12-5-1-3-6(4-2-5)19(11,17)18/h1-4H,(H2,11,17,18)(H4,10,14,15,16). The number of benzene rings is 1. The van der Waals surface area contributed by atoms with Crippen LogP contribution in [0.2, 0.25) is 0 Å². The van der Waals surface area contributed by atoms with Crippen LogP contribution in [0.3, 0.4) is 0 Å². The minimum Gasteiger partial charge on any atom is -0.382 e. The van der Waals surface area contributed by atoms with Crippen molar-refractivity contribution in [3.63, 3.8) is 0 Å². The molecule has 0 unspecified atom stereocenters. The fourth-order valence-corrected chi connectivity index (χ4v) is 1.79. The number of H-pyrrole nitrogens is 2. The monoisotopic (exact) mass is 282 g/mol. The summed E-state index contributed by atoms with van der Waals surface area (Å²) in [6.45, 7) is 0. The molecule has 0 atom stereocenters. The summed E-state index contributed by atoms with van der Waals surface area (Å²) in [4.78, 5) is 11.2. The molecule has 0 amide bonds. The quantitative estimate of drug-likeness (QED) is 0.598. The molecule has 0 fully saturated rings. The Kier molecular flexibility index (Phi) is 3.19. The van der Waals surface area contributed by atoms with Gasteiger partial charge in [-0.1, -0.05) is 0 Å². The number of azo groups is 1. The zero-order chi connectivity index (χ0) is 14.0. The maximum Gasteiger partial charge on any atom is 0.293 e. The number of hydrogen-bond acceptors (Lipinski definition) is 6. The predicted molar refractivity (Wildman–Crippen MR) is 67.8 cm³/mol. The first kappa shape index (κ1) is 13.0. The van der Waals surface area contributed by atoms with E-state index in [1.807, 2.05) is 0 Å². The molecule has 9 nitrogen and oxygen atoms in total. The molecule has 0 radical (unpaired) electrons. The third-order valence-electron chi connectivity index (χ3n) is 2.21. The van der Waals surface area contributed by atoms with Crippen molar-refractivity contribution in [2.24, 2.45) is 15.4 Å². The number of nitrogens with two attached hydrogens (primary N) is 2. The smallest absolute Gasteiger partial charge is 0.293 e. The molecule has 2 aromatic rings. The van der Waals surface area contributed by atoms with E-state index in [9.17, 15) is 13.2 Å². The van der Waals surface area contributed by atoms with E-state index in [4.69, 9.17) is 10.9 Å². The Labute approximate surface area is 107 Å². The topological polar surface area (TPSA) is 160 Å². The van der Waals surface area contributed by atoms with Crippen LogP contribution < -0.4 is 16.4 Å². The summed E-state index contributed by atoms with van der Waals surface area (Å²) in [5, 5.41) is 17.0. The van der Waals surface area contributed by atoms with Gasteiger partial charge in [0, 0.05) is 0 Å². The average Bonchev–Trinajstić information content (AvgIpc) is 2.66. The molecule has 6 N–H and O–H groups in total. The molecule has 10 heteroatoms. The largest absolute Gasteiger partial charge is 0.382 e. The number of primary sulfonamides is 1. The molecule has 19 heavy (non-hydrogen) atoms. The van der Waals surface area contributed by atoms with Crippen LogP contribution in [0.4, 0.5) is 17.2 Å². The maximum absolute atomic E-state index is 11.2. The molecule has 1 aromatic heterocycles. The lowest BCUT2D eigenvalue weighted by atomic mass is 10.3. The fourth-order valence-electron chi connectivity index (χ4n) is 1.27. The summed E-state index contributed by atoms with van der Waals surface area (Å²) < 4.78 is 22.1. The van der Waals surface area contributed by atoms with E-state index in [0.29, 0.717) is 5.69 Å². The number of rotatable bonds is 3. The van der Waals surface area contributed by atoms with Crippen molar-refractivity contribution >= 4 is 27.2 Å². The van der Waals surface area contributed by atoms with Crippen LogP contribution >= 0.6 is 0 Å². The highest BCUT2D eigenvalue weighted by Crippen LogP contribution is 2.20. The zero-order valence-electron chi connectivity index (χ0n) is 9.49. The number of nitrogens with one attached hydrogen (secondary N) is 2. The second-order valence-electron chi connectivity index (χ2n) is 3.58. The fraction of sp³-hybridized carbons (Fsp3) is 0. The average molecular weight is 282 g/mol. The Balaban J connectivity index is 2.28. The summed E-state index contributed by atoms with van der Waals surface area (Å²) in [7, 11) is -3.74. The van der Waals surface area contributed by atoms with Crippen molar-refractivity contribution in [2.45, 2.75) is 4.90 Å². The van der Waals surface area contributed by atoms with E-state index in [1.54, 1.807) is 0 Å². The Morgan fingerprint density at radius 1 is 1.05 bits per heavy atom. The predicted octanol–water partition coefficient (Wildman–Crippen LogP) is 0.348. The first-order valence-corrected chi connectivity index (χ1v) is 6.53. The van der Waals surface area contributed by atoms with Gasteiger partial charge in [-0.2, -0.15) is 5.11 Å². The molecule has 0 saturated carbocycles. The molecular formula is C9H10N6O3S. The summed E-state index contributed by atoms with van der Waals surface area (Å²) in [5.74, 6) is 0.0647. The van der Waals surface area contributed by atoms with Crippen LogP contribution in [0.5, 0.6) is 0 Å². The minimum atomic E-state index is -3.74. The lowest BCUT2D eigenvalue weighted by molar-refractivity contribution is 0.598. The molecular weight excluding hydrogens is 272 g/mol. The van der Waals surface area contributed by atoms with Crippen LogP contribution in [0.15, 0.2) is 44.2 Å². The lowest BCUT2D eigenvalue weighted by Crippen LogP contribution is -2.11. The molecule has 0 bridgehead atoms. The Hall–Kier alpha value is -2.46. The molecule has 100 valence electrons. The van der Waals surface area contributed by atoms with Gasteiger partial charge in [-0.3, -0.25) is 15.0 Å². The van der Waals surface area contributed by atoms with Crippen LogP contribution in [-0.2, 0) is 10.0 Å². The number of nitrogens with zero attached hydrogens (tertiary/aromatic N) is 2. The Bertz CT molecular complexity index is 771. The summed E-state index contributed by atoms with van der Waals surface area (Å²) in [6.07, 6.45) is 0. The normalized spacial score (nSPS) is 12.1. The van der Waals surface area contributed by atoms with Crippen molar-refractivity contribution in [3.8, 4) is 0 Å². The summed E-state index contributed by atoms with van der Waals surface area (Å²) in [6, 6.07) is 5.38. The van der Waals surface area contributed by atoms with Crippen LogP contribution in [0.1, 0.15) is 0 Å². The number of anilines is 1. The minimum absolute atomic E-state index is 0.0366. The maximum atomic E-state index is 11.2. The third-order valence-corrected chi connectivity index (χ3v) is 3.14. The van der Waals surface area contributed by atoms with Gasteiger partial charge in [0.25, 0.3) is 5.56 Å². The number of aromatic amines is 2. The molecule has 0 aliphatic rings.